The zero-order chi connectivity index (χ0) is 8.69. The molecule has 1 amide bonds. The number of nitrogens with zero attached hydrogens (tertiary/aromatic N) is 1. The molecule has 0 aliphatic carbocycles. The summed E-state index contributed by atoms with van der Waals surface area (Å²) >= 11 is 0. The summed E-state index contributed by atoms with van der Waals surface area (Å²) < 4.78 is 0. The molecule has 0 rings (SSSR count). The summed E-state index contributed by atoms with van der Waals surface area (Å²) in [6, 6.07) is 0. The summed E-state index contributed by atoms with van der Waals surface area (Å²) in [5.74, 6) is -0.302. The Morgan fingerprint density at radius 2 is 2.18 bits per heavy atom. The SMILES string of the molecule is CN(C)CCCNC(=O)CO. The van der Waals surface area contributed by atoms with Crippen LogP contribution in [0.4, 0.5) is 0 Å². The Hall–Kier alpha value is -0.610. The maximum Gasteiger partial charge on any atom is 0.245 e. The minimum absolute atomic E-state index is 0.302. The maximum absolute atomic E-state index is 10.5. The molecule has 0 aromatic rings. The lowest BCUT2D eigenvalue weighted by atomic mass is 10.4. The fraction of sp³-hybridized carbons (Fsp3) is 0.857. The topological polar surface area (TPSA) is 52.6 Å². The maximum atomic E-state index is 10.5. The molecule has 0 unspecified atom stereocenters. The van der Waals surface area contributed by atoms with E-state index in [-0.39, 0.29) is 5.91 Å². The smallest absolute Gasteiger partial charge is 0.245 e. The summed E-state index contributed by atoms with van der Waals surface area (Å²) in [6.07, 6.45) is 0.915. The number of rotatable bonds is 5. The predicted octanol–water partition coefficient (Wildman–Crippen LogP) is -0.953. The summed E-state index contributed by atoms with van der Waals surface area (Å²) in [4.78, 5) is 12.5. The van der Waals surface area contributed by atoms with Crippen LogP contribution in [0.1, 0.15) is 6.42 Å². The van der Waals surface area contributed by atoms with Gasteiger partial charge in [0.1, 0.15) is 6.61 Å². The Bertz CT molecular complexity index is 115. The molecule has 0 aromatic heterocycles. The Morgan fingerprint density at radius 1 is 1.55 bits per heavy atom. The molecule has 0 saturated heterocycles. The average Bonchev–Trinajstić information content (AvgIpc) is 1.97. The first-order valence-electron chi connectivity index (χ1n) is 3.69. The lowest BCUT2D eigenvalue weighted by molar-refractivity contribution is -0.123. The van der Waals surface area contributed by atoms with Gasteiger partial charge in [0.2, 0.25) is 5.91 Å². The zero-order valence-electron chi connectivity index (χ0n) is 7.13. The van der Waals surface area contributed by atoms with Gasteiger partial charge >= 0.3 is 0 Å². The summed E-state index contributed by atoms with van der Waals surface area (Å²) in [6.45, 7) is 1.17. The summed E-state index contributed by atoms with van der Waals surface area (Å²) in [7, 11) is 3.96. The molecule has 4 heteroatoms. The van der Waals surface area contributed by atoms with Crippen LogP contribution in [0.3, 0.4) is 0 Å². The first-order chi connectivity index (χ1) is 5.16. The molecule has 0 saturated carbocycles. The molecule has 0 fully saturated rings. The van der Waals surface area contributed by atoms with Gasteiger partial charge in [0, 0.05) is 6.54 Å². The van der Waals surface area contributed by atoms with Gasteiger partial charge in [0.05, 0.1) is 0 Å². The predicted molar refractivity (Wildman–Crippen MR) is 43.3 cm³/mol. The van der Waals surface area contributed by atoms with Gasteiger partial charge in [0.25, 0.3) is 0 Å². The van der Waals surface area contributed by atoms with E-state index in [1.165, 1.54) is 0 Å². The highest BCUT2D eigenvalue weighted by Gasteiger charge is 1.95. The molecular formula is C7H16N2O2. The standard InChI is InChI=1S/C7H16N2O2/c1-9(2)5-3-4-8-7(11)6-10/h10H,3-6H2,1-2H3,(H,8,11). The second kappa shape index (κ2) is 6.12. The molecule has 0 aromatic carbocycles. The van der Waals surface area contributed by atoms with E-state index in [0.29, 0.717) is 6.54 Å². The van der Waals surface area contributed by atoms with E-state index >= 15 is 0 Å². The van der Waals surface area contributed by atoms with Gasteiger partial charge in [-0.2, -0.15) is 0 Å². The number of carbonyl (C=O) groups excluding carboxylic acids is 1. The normalized spacial score (nSPS) is 10.2. The van der Waals surface area contributed by atoms with Gasteiger partial charge < -0.3 is 15.3 Å². The van der Waals surface area contributed by atoms with E-state index in [1.807, 2.05) is 19.0 Å². The minimum Gasteiger partial charge on any atom is -0.387 e. The van der Waals surface area contributed by atoms with Crippen molar-refractivity contribution in [2.45, 2.75) is 6.42 Å². The van der Waals surface area contributed by atoms with Crippen molar-refractivity contribution in [1.82, 2.24) is 10.2 Å². The van der Waals surface area contributed by atoms with Gasteiger partial charge in [-0.3, -0.25) is 4.79 Å². The molecule has 66 valence electrons. The molecule has 0 aliphatic rings. The molecule has 2 N–H and O–H groups in total. The van der Waals surface area contributed by atoms with E-state index < -0.39 is 6.61 Å². The molecular weight excluding hydrogens is 144 g/mol. The van der Waals surface area contributed by atoms with E-state index in [2.05, 4.69) is 5.32 Å². The van der Waals surface area contributed by atoms with Crippen molar-refractivity contribution < 1.29 is 9.90 Å². The highest BCUT2D eigenvalue weighted by Crippen LogP contribution is 1.79. The Kier molecular flexibility index (Phi) is 5.78. The minimum atomic E-state index is -0.415. The molecule has 0 bridgehead atoms. The zero-order valence-corrected chi connectivity index (χ0v) is 7.13. The van der Waals surface area contributed by atoms with Gasteiger partial charge in [-0.1, -0.05) is 0 Å². The van der Waals surface area contributed by atoms with Crippen LogP contribution in [0, 0.1) is 0 Å². The van der Waals surface area contributed by atoms with Gasteiger partial charge in [-0.05, 0) is 27.1 Å². The van der Waals surface area contributed by atoms with E-state index in [9.17, 15) is 4.79 Å². The first-order valence-corrected chi connectivity index (χ1v) is 3.69. The lowest BCUT2D eigenvalue weighted by Crippen LogP contribution is -2.29. The van der Waals surface area contributed by atoms with Crippen LogP contribution in [0.5, 0.6) is 0 Å². The molecule has 4 nitrogen and oxygen atoms in total. The van der Waals surface area contributed by atoms with Crippen LogP contribution in [0.25, 0.3) is 0 Å². The van der Waals surface area contributed by atoms with Crippen LogP contribution in [0.2, 0.25) is 0 Å². The van der Waals surface area contributed by atoms with Crippen LogP contribution in [-0.4, -0.2) is 49.7 Å². The monoisotopic (exact) mass is 160 g/mol. The highest BCUT2D eigenvalue weighted by molar-refractivity contribution is 5.76. The van der Waals surface area contributed by atoms with Crippen molar-refractivity contribution in [3.63, 3.8) is 0 Å². The van der Waals surface area contributed by atoms with Crippen molar-refractivity contribution in [3.05, 3.63) is 0 Å². The van der Waals surface area contributed by atoms with Crippen molar-refractivity contribution >= 4 is 5.91 Å². The van der Waals surface area contributed by atoms with E-state index in [0.717, 1.165) is 13.0 Å². The Balaban J connectivity index is 3.08. The number of hydrogen-bond acceptors (Lipinski definition) is 3. The number of carbonyl (C=O) groups is 1. The van der Waals surface area contributed by atoms with Crippen LogP contribution in [-0.2, 0) is 4.79 Å². The number of aliphatic hydroxyl groups is 1. The van der Waals surface area contributed by atoms with Gasteiger partial charge in [-0.25, -0.2) is 0 Å². The summed E-state index contributed by atoms with van der Waals surface area (Å²) in [5.41, 5.74) is 0. The molecule has 0 heterocycles. The highest BCUT2D eigenvalue weighted by atomic mass is 16.3. The van der Waals surface area contributed by atoms with Crippen molar-refractivity contribution in [1.29, 1.82) is 0 Å². The average molecular weight is 160 g/mol. The van der Waals surface area contributed by atoms with E-state index in [1.54, 1.807) is 0 Å². The number of amides is 1. The lowest BCUT2D eigenvalue weighted by Gasteiger charge is -2.08. The molecule has 0 aliphatic heterocycles. The molecule has 0 spiro atoms. The van der Waals surface area contributed by atoms with Gasteiger partial charge in [0.15, 0.2) is 0 Å². The number of aliphatic hydroxyl groups excluding tert-OH is 1. The third-order valence-electron chi connectivity index (χ3n) is 1.25. The van der Waals surface area contributed by atoms with Crippen LogP contribution >= 0.6 is 0 Å². The number of nitrogens with one attached hydrogen (secondary N) is 1. The van der Waals surface area contributed by atoms with E-state index in [4.69, 9.17) is 5.11 Å². The fourth-order valence-corrected chi connectivity index (χ4v) is 0.679. The summed E-state index contributed by atoms with van der Waals surface area (Å²) in [5, 5.41) is 10.9. The van der Waals surface area contributed by atoms with Crippen LogP contribution in [0.15, 0.2) is 0 Å². The van der Waals surface area contributed by atoms with Crippen molar-refractivity contribution in [2.75, 3.05) is 33.8 Å². The third kappa shape index (κ3) is 7.29. The fourth-order valence-electron chi connectivity index (χ4n) is 0.679. The van der Waals surface area contributed by atoms with Crippen molar-refractivity contribution in [3.8, 4) is 0 Å². The molecule has 0 atom stereocenters. The van der Waals surface area contributed by atoms with Crippen LogP contribution < -0.4 is 5.32 Å². The van der Waals surface area contributed by atoms with Crippen molar-refractivity contribution in [2.24, 2.45) is 0 Å². The Morgan fingerprint density at radius 3 is 2.64 bits per heavy atom. The quantitative estimate of drug-likeness (QED) is 0.510. The number of hydrogen-bond donors (Lipinski definition) is 2. The Labute approximate surface area is 67.2 Å². The second-order valence-electron chi connectivity index (χ2n) is 2.66. The third-order valence-corrected chi connectivity index (χ3v) is 1.25. The second-order valence-corrected chi connectivity index (χ2v) is 2.66. The molecule has 11 heavy (non-hydrogen) atoms. The van der Waals surface area contributed by atoms with Gasteiger partial charge in [-0.15, -0.1) is 0 Å². The first kappa shape index (κ1) is 10.4. The molecule has 0 radical (unpaired) electrons. The largest absolute Gasteiger partial charge is 0.387 e.